The van der Waals surface area contributed by atoms with Crippen molar-refractivity contribution in [2.75, 3.05) is 41.0 Å². The van der Waals surface area contributed by atoms with E-state index in [9.17, 15) is 19.5 Å². The van der Waals surface area contributed by atoms with Crippen LogP contribution in [0.15, 0.2) is 36.5 Å². The van der Waals surface area contributed by atoms with Gasteiger partial charge in [0.25, 0.3) is 0 Å². The molecule has 0 saturated heterocycles. The minimum absolute atomic E-state index is 0.0366. The average Bonchev–Trinajstić information content (AvgIpc) is 3.21. The minimum atomic E-state index is -1.13. The molecule has 0 aliphatic carbocycles. The SMILES string of the molecule is CCCCC/C=C/C=C/CCCCCCCCC(=O)OCC(COCCC(C(=O)[O-])[N+](C)(C)C)OC(=O)CCCCCCCCC/C=C/CCCCCCCCCCCC. The highest BCUT2D eigenvalue weighted by atomic mass is 16.6. The lowest BCUT2D eigenvalue weighted by atomic mass is 10.1. The molecule has 0 aromatic heterocycles. The Hall–Kier alpha value is -2.45. The number of hydrogen-bond donors (Lipinski definition) is 0. The maximum absolute atomic E-state index is 12.8. The topological polar surface area (TPSA) is 102 Å². The van der Waals surface area contributed by atoms with Gasteiger partial charge in [-0.3, -0.25) is 9.59 Å². The van der Waals surface area contributed by atoms with Gasteiger partial charge in [-0.25, -0.2) is 0 Å². The number of carboxylic acid groups (broad SMARTS) is 1. The Morgan fingerprint density at radius 3 is 1.33 bits per heavy atom. The van der Waals surface area contributed by atoms with Gasteiger partial charge in [0.2, 0.25) is 0 Å². The molecule has 2 atom stereocenters. The first-order valence-corrected chi connectivity index (χ1v) is 25.0. The lowest BCUT2D eigenvalue weighted by Gasteiger charge is -2.34. The second-order valence-corrected chi connectivity index (χ2v) is 18.1. The summed E-state index contributed by atoms with van der Waals surface area (Å²) in [6, 6.07) is -0.728. The Morgan fingerprint density at radius 1 is 0.500 bits per heavy atom. The van der Waals surface area contributed by atoms with Crippen LogP contribution in [-0.2, 0) is 28.6 Å². The zero-order valence-electron chi connectivity index (χ0n) is 39.9. The first-order chi connectivity index (χ1) is 29.1. The summed E-state index contributed by atoms with van der Waals surface area (Å²) in [4.78, 5) is 37.0. The summed E-state index contributed by atoms with van der Waals surface area (Å²) in [5.74, 6) is -1.75. The molecule has 0 aromatic rings. The van der Waals surface area contributed by atoms with Crippen LogP contribution in [-0.4, -0.2) is 75.5 Å². The Balaban J connectivity index is 4.26. The third-order valence-electron chi connectivity index (χ3n) is 11.3. The second-order valence-electron chi connectivity index (χ2n) is 18.1. The number of allylic oxidation sites excluding steroid dienone is 6. The molecule has 2 unspecified atom stereocenters. The highest BCUT2D eigenvalue weighted by Gasteiger charge is 2.25. The summed E-state index contributed by atoms with van der Waals surface area (Å²) in [7, 11) is 5.41. The fourth-order valence-electron chi connectivity index (χ4n) is 7.35. The number of rotatable bonds is 45. The van der Waals surface area contributed by atoms with Crippen LogP contribution in [0, 0.1) is 0 Å². The van der Waals surface area contributed by atoms with Crippen LogP contribution < -0.4 is 5.11 Å². The van der Waals surface area contributed by atoms with Gasteiger partial charge in [0.05, 0.1) is 40.3 Å². The lowest BCUT2D eigenvalue weighted by molar-refractivity contribution is -0.889. The average molecular weight is 846 g/mol. The molecule has 60 heavy (non-hydrogen) atoms. The van der Waals surface area contributed by atoms with Crippen LogP contribution >= 0.6 is 0 Å². The number of quaternary nitrogens is 1. The molecule has 0 aliphatic heterocycles. The van der Waals surface area contributed by atoms with Crippen molar-refractivity contribution in [3.8, 4) is 0 Å². The van der Waals surface area contributed by atoms with E-state index in [2.05, 4.69) is 50.3 Å². The molecule has 0 fully saturated rings. The molecule has 0 N–H and O–H groups in total. The highest BCUT2D eigenvalue weighted by molar-refractivity contribution is 5.70. The maximum Gasteiger partial charge on any atom is 0.306 e. The van der Waals surface area contributed by atoms with Crippen LogP contribution in [0.2, 0.25) is 0 Å². The van der Waals surface area contributed by atoms with Gasteiger partial charge in [-0.2, -0.15) is 0 Å². The first kappa shape index (κ1) is 57.5. The molecular weight excluding hydrogens is 751 g/mol. The summed E-state index contributed by atoms with van der Waals surface area (Å²) in [5, 5.41) is 11.6. The normalized spacial score (nSPS) is 13.2. The summed E-state index contributed by atoms with van der Waals surface area (Å²) < 4.78 is 17.2. The van der Waals surface area contributed by atoms with Gasteiger partial charge in [-0.15, -0.1) is 0 Å². The summed E-state index contributed by atoms with van der Waals surface area (Å²) in [5.41, 5.74) is 0. The number of carboxylic acids is 1. The van der Waals surface area contributed by atoms with Crippen molar-refractivity contribution >= 4 is 17.9 Å². The van der Waals surface area contributed by atoms with Crippen LogP contribution in [0.4, 0.5) is 0 Å². The van der Waals surface area contributed by atoms with Crippen LogP contribution in [0.25, 0.3) is 0 Å². The molecule has 0 heterocycles. The highest BCUT2D eigenvalue weighted by Crippen LogP contribution is 2.15. The summed E-state index contributed by atoms with van der Waals surface area (Å²) in [6.07, 6.45) is 50.3. The van der Waals surface area contributed by atoms with E-state index in [-0.39, 0.29) is 42.7 Å². The fraction of sp³-hybridized carbons (Fsp3) is 0.827. The number of nitrogens with zero attached hydrogens (tertiary/aromatic N) is 1. The predicted molar refractivity (Wildman–Crippen MR) is 250 cm³/mol. The molecule has 8 nitrogen and oxygen atoms in total. The van der Waals surface area contributed by atoms with Crippen LogP contribution in [0.3, 0.4) is 0 Å². The number of hydrogen-bond acceptors (Lipinski definition) is 7. The van der Waals surface area contributed by atoms with E-state index in [0.717, 1.165) is 51.4 Å². The molecule has 0 spiro atoms. The van der Waals surface area contributed by atoms with Crippen molar-refractivity contribution < 1.29 is 38.2 Å². The van der Waals surface area contributed by atoms with Crippen LogP contribution in [0.1, 0.15) is 226 Å². The molecule has 0 aromatic carbocycles. The standard InChI is InChI=1S/C52H95NO7/c1-6-8-10-12-14-16-18-20-22-23-24-25-26-27-29-31-33-35-37-39-41-43-51(55)60-48(46-58-45-44-49(52(56)57)53(3,4)5)47-59-50(54)42-40-38-36-34-32-30-28-21-19-17-15-13-11-9-7-2/h15,17,19,21,25-26,48-49H,6-14,16,18,20,22-24,27-47H2,1-5H3/b17-15+,21-19+,26-25+. The van der Waals surface area contributed by atoms with Gasteiger partial charge in [-0.1, -0.05) is 179 Å². The molecule has 0 aliphatic rings. The van der Waals surface area contributed by atoms with Crippen molar-refractivity contribution in [2.24, 2.45) is 0 Å². The van der Waals surface area contributed by atoms with Crippen molar-refractivity contribution in [1.82, 2.24) is 0 Å². The van der Waals surface area contributed by atoms with Crippen molar-refractivity contribution in [2.45, 2.75) is 238 Å². The van der Waals surface area contributed by atoms with E-state index in [4.69, 9.17) is 14.2 Å². The molecule has 8 heteroatoms. The predicted octanol–water partition coefficient (Wildman–Crippen LogP) is 12.9. The Bertz CT molecular complexity index is 1080. The van der Waals surface area contributed by atoms with Gasteiger partial charge >= 0.3 is 11.9 Å². The first-order valence-electron chi connectivity index (χ1n) is 25.0. The molecule has 0 rings (SSSR count). The quantitative estimate of drug-likeness (QED) is 0.0198. The van der Waals surface area contributed by atoms with Crippen molar-refractivity contribution in [1.29, 1.82) is 0 Å². The third-order valence-corrected chi connectivity index (χ3v) is 11.3. The molecule has 0 bridgehead atoms. The van der Waals surface area contributed by atoms with E-state index >= 15 is 0 Å². The molecule has 0 amide bonds. The van der Waals surface area contributed by atoms with Gasteiger partial charge < -0.3 is 28.6 Å². The third kappa shape index (κ3) is 40.9. The minimum Gasteiger partial charge on any atom is -0.544 e. The van der Waals surface area contributed by atoms with E-state index in [1.54, 1.807) is 21.1 Å². The molecule has 0 saturated carbocycles. The Kier molecular flexibility index (Phi) is 41.4. The number of esters is 2. The number of aliphatic carboxylic acids is 1. The van der Waals surface area contributed by atoms with Gasteiger partial charge in [0.1, 0.15) is 12.6 Å². The van der Waals surface area contributed by atoms with E-state index in [0.29, 0.717) is 12.8 Å². The number of likely N-dealkylation sites (N-methyl/N-ethyl adjacent to an activating group) is 1. The van der Waals surface area contributed by atoms with Crippen molar-refractivity contribution in [3.05, 3.63) is 36.5 Å². The fourth-order valence-corrected chi connectivity index (χ4v) is 7.35. The number of carbonyl (C=O) groups is 3. The van der Waals surface area contributed by atoms with E-state index in [1.165, 1.54) is 141 Å². The lowest BCUT2D eigenvalue weighted by Crippen LogP contribution is -2.55. The van der Waals surface area contributed by atoms with Crippen molar-refractivity contribution in [3.63, 3.8) is 0 Å². The Morgan fingerprint density at radius 2 is 0.883 bits per heavy atom. The number of ether oxygens (including phenoxy) is 3. The maximum atomic E-state index is 12.8. The van der Waals surface area contributed by atoms with Gasteiger partial charge in [0, 0.05) is 19.3 Å². The van der Waals surface area contributed by atoms with E-state index in [1.807, 2.05) is 0 Å². The monoisotopic (exact) mass is 846 g/mol. The molecule has 350 valence electrons. The second kappa shape index (κ2) is 43.2. The van der Waals surface area contributed by atoms with Gasteiger partial charge in [0.15, 0.2) is 6.10 Å². The van der Waals surface area contributed by atoms with Gasteiger partial charge in [-0.05, 0) is 64.2 Å². The zero-order valence-corrected chi connectivity index (χ0v) is 39.9. The Labute approximate surface area is 370 Å². The molecule has 0 radical (unpaired) electrons. The number of carbonyl (C=O) groups excluding carboxylic acids is 3. The number of unbranched alkanes of at least 4 members (excludes halogenated alkanes) is 26. The van der Waals surface area contributed by atoms with Crippen LogP contribution in [0.5, 0.6) is 0 Å². The van der Waals surface area contributed by atoms with E-state index < -0.39 is 18.1 Å². The zero-order chi connectivity index (χ0) is 44.2. The smallest absolute Gasteiger partial charge is 0.306 e. The summed E-state index contributed by atoms with van der Waals surface area (Å²) >= 11 is 0. The summed E-state index contributed by atoms with van der Waals surface area (Å²) in [6.45, 7) is 4.64. The molecular formula is C52H95NO7. The largest absolute Gasteiger partial charge is 0.544 e.